The van der Waals surface area contributed by atoms with Gasteiger partial charge in [0, 0.05) is 37.4 Å². The molecular weight excluding hydrogens is 533 g/mol. The number of hydrogen-bond acceptors (Lipinski definition) is 4. The van der Waals surface area contributed by atoms with Gasteiger partial charge in [-0.25, -0.2) is 4.98 Å². The molecule has 4 nitrogen and oxygen atoms in total. The van der Waals surface area contributed by atoms with Gasteiger partial charge in [0.15, 0.2) is 11.6 Å². The lowest BCUT2D eigenvalue weighted by atomic mass is 9.98. The molecular formula is C37H22N4S. The van der Waals surface area contributed by atoms with Crippen molar-refractivity contribution in [3.8, 4) is 28.7 Å². The second kappa shape index (κ2) is 9.06. The molecule has 0 atom stereocenters. The SMILES string of the molecule is c1ccc(-c2nc(-c3ccccc3)nc(-n3c4ccc5ccccc5c4c4c5ccccc5c5sccc5c43)n2)cc1. The fraction of sp³-hybridized carbons (Fsp3) is 0. The largest absolute Gasteiger partial charge is 0.277 e. The van der Waals surface area contributed by atoms with E-state index in [0.29, 0.717) is 17.6 Å². The molecule has 6 aromatic carbocycles. The molecule has 9 rings (SSSR count). The molecule has 3 aromatic heterocycles. The molecule has 0 bridgehead atoms. The van der Waals surface area contributed by atoms with Crippen molar-refractivity contribution in [3.05, 3.63) is 133 Å². The summed E-state index contributed by atoms with van der Waals surface area (Å²) in [5.74, 6) is 1.91. The molecule has 0 aliphatic rings. The summed E-state index contributed by atoms with van der Waals surface area (Å²) in [6, 6.07) is 44.4. The molecule has 0 aliphatic carbocycles. The highest BCUT2D eigenvalue weighted by Crippen LogP contribution is 2.45. The predicted molar refractivity (Wildman–Crippen MR) is 175 cm³/mol. The van der Waals surface area contributed by atoms with Crippen LogP contribution in [0.15, 0.2) is 133 Å². The predicted octanol–water partition coefficient (Wildman–Crippen LogP) is 9.82. The van der Waals surface area contributed by atoms with Gasteiger partial charge < -0.3 is 0 Å². The monoisotopic (exact) mass is 554 g/mol. The minimum absolute atomic E-state index is 0.612. The summed E-state index contributed by atoms with van der Waals surface area (Å²) in [5.41, 5.74) is 4.11. The van der Waals surface area contributed by atoms with Gasteiger partial charge in [-0.15, -0.1) is 11.3 Å². The van der Waals surface area contributed by atoms with Gasteiger partial charge in [-0.05, 0) is 33.7 Å². The Kier molecular flexibility index (Phi) is 5.03. The fourth-order valence-corrected chi connectivity index (χ4v) is 7.22. The van der Waals surface area contributed by atoms with Gasteiger partial charge in [-0.3, -0.25) is 4.57 Å². The second-order valence-corrected chi connectivity index (χ2v) is 11.4. The summed E-state index contributed by atoms with van der Waals surface area (Å²) in [5, 5.41) is 10.8. The van der Waals surface area contributed by atoms with E-state index in [4.69, 9.17) is 15.0 Å². The normalized spacial score (nSPS) is 11.8. The third kappa shape index (κ3) is 3.38. The highest BCUT2D eigenvalue weighted by atomic mass is 32.1. The minimum Gasteiger partial charge on any atom is -0.277 e. The van der Waals surface area contributed by atoms with Crippen LogP contribution >= 0.6 is 11.3 Å². The zero-order valence-electron chi connectivity index (χ0n) is 22.4. The van der Waals surface area contributed by atoms with Crippen LogP contribution in [0.4, 0.5) is 0 Å². The number of benzene rings is 6. The van der Waals surface area contributed by atoms with Crippen LogP contribution in [0.1, 0.15) is 0 Å². The molecule has 3 heterocycles. The van der Waals surface area contributed by atoms with Crippen LogP contribution in [0, 0.1) is 0 Å². The Labute approximate surface area is 245 Å². The average Bonchev–Trinajstić information content (AvgIpc) is 3.69. The summed E-state index contributed by atoms with van der Waals surface area (Å²) < 4.78 is 3.53. The highest BCUT2D eigenvalue weighted by Gasteiger charge is 2.23. The molecule has 0 radical (unpaired) electrons. The lowest BCUT2D eigenvalue weighted by molar-refractivity contribution is 0.955. The number of hydrogen-bond donors (Lipinski definition) is 0. The van der Waals surface area contributed by atoms with E-state index in [-0.39, 0.29) is 0 Å². The van der Waals surface area contributed by atoms with Crippen LogP contribution in [0.5, 0.6) is 0 Å². The third-order valence-corrected chi connectivity index (χ3v) is 9.05. The van der Waals surface area contributed by atoms with Gasteiger partial charge in [-0.1, -0.05) is 115 Å². The van der Waals surface area contributed by atoms with Crippen molar-refractivity contribution in [1.29, 1.82) is 0 Å². The van der Waals surface area contributed by atoms with Gasteiger partial charge in [0.05, 0.1) is 11.0 Å². The van der Waals surface area contributed by atoms with E-state index < -0.39 is 0 Å². The van der Waals surface area contributed by atoms with E-state index in [1.54, 1.807) is 11.3 Å². The number of aromatic nitrogens is 4. The summed E-state index contributed by atoms with van der Waals surface area (Å²) in [6.45, 7) is 0. The van der Waals surface area contributed by atoms with Crippen molar-refractivity contribution in [2.45, 2.75) is 0 Å². The number of fused-ring (bicyclic) bond motifs is 10. The molecule has 5 heteroatoms. The van der Waals surface area contributed by atoms with Crippen LogP contribution in [-0.4, -0.2) is 19.5 Å². The molecule has 0 saturated heterocycles. The first-order valence-corrected chi connectivity index (χ1v) is 14.8. The second-order valence-electron chi connectivity index (χ2n) is 10.5. The molecule has 42 heavy (non-hydrogen) atoms. The topological polar surface area (TPSA) is 43.6 Å². The number of thiophene rings is 1. The Hall–Kier alpha value is -5.39. The number of nitrogens with zero attached hydrogens (tertiary/aromatic N) is 4. The lowest BCUT2D eigenvalue weighted by Gasteiger charge is -2.12. The van der Waals surface area contributed by atoms with Crippen molar-refractivity contribution >= 4 is 64.8 Å². The van der Waals surface area contributed by atoms with E-state index in [9.17, 15) is 0 Å². The Morgan fingerprint density at radius 3 is 1.81 bits per heavy atom. The van der Waals surface area contributed by atoms with Gasteiger partial charge >= 0.3 is 0 Å². The molecule has 9 aromatic rings. The summed E-state index contributed by atoms with van der Waals surface area (Å²) in [6.07, 6.45) is 0. The highest BCUT2D eigenvalue weighted by molar-refractivity contribution is 7.18. The van der Waals surface area contributed by atoms with E-state index in [1.165, 1.54) is 42.4 Å². The lowest BCUT2D eigenvalue weighted by Crippen LogP contribution is -2.06. The molecule has 196 valence electrons. The standard InChI is InChI=1S/C37H22N4S/c1-3-12-24(13-4-1)35-38-36(25-14-5-2-6-15-25)40-37(39-35)41-30-20-19-23-11-7-8-16-26(23)31(30)32-27-17-9-10-18-28(27)34-29(33(32)41)21-22-42-34/h1-22H. The maximum atomic E-state index is 5.17. The molecule has 0 fully saturated rings. The quantitative estimate of drug-likeness (QED) is 0.218. The van der Waals surface area contributed by atoms with Gasteiger partial charge in [0.2, 0.25) is 5.95 Å². The first-order valence-electron chi connectivity index (χ1n) is 14.0. The molecule has 0 aliphatic heterocycles. The van der Waals surface area contributed by atoms with Gasteiger partial charge in [-0.2, -0.15) is 9.97 Å². The van der Waals surface area contributed by atoms with Crippen LogP contribution in [0.2, 0.25) is 0 Å². The van der Waals surface area contributed by atoms with E-state index >= 15 is 0 Å². The summed E-state index contributed by atoms with van der Waals surface area (Å²) in [7, 11) is 0. The van der Waals surface area contributed by atoms with Crippen LogP contribution in [0.3, 0.4) is 0 Å². The maximum Gasteiger partial charge on any atom is 0.238 e. The van der Waals surface area contributed by atoms with Crippen molar-refractivity contribution < 1.29 is 0 Å². The minimum atomic E-state index is 0.612. The third-order valence-electron chi connectivity index (χ3n) is 8.11. The average molecular weight is 555 g/mol. The molecule has 0 spiro atoms. The van der Waals surface area contributed by atoms with E-state index in [2.05, 4.69) is 101 Å². The first-order chi connectivity index (χ1) is 20.8. The zero-order valence-corrected chi connectivity index (χ0v) is 23.2. The zero-order chi connectivity index (χ0) is 27.6. The Morgan fingerprint density at radius 1 is 0.476 bits per heavy atom. The Balaban J connectivity index is 1.51. The van der Waals surface area contributed by atoms with Crippen molar-refractivity contribution in [3.63, 3.8) is 0 Å². The summed E-state index contributed by atoms with van der Waals surface area (Å²) in [4.78, 5) is 15.3. The van der Waals surface area contributed by atoms with E-state index in [1.807, 2.05) is 36.4 Å². The first kappa shape index (κ1) is 23.3. The van der Waals surface area contributed by atoms with Crippen molar-refractivity contribution in [1.82, 2.24) is 19.5 Å². The fourth-order valence-electron chi connectivity index (χ4n) is 6.29. The maximum absolute atomic E-state index is 5.17. The smallest absolute Gasteiger partial charge is 0.238 e. The van der Waals surface area contributed by atoms with Crippen molar-refractivity contribution in [2.75, 3.05) is 0 Å². The Bertz CT molecular complexity index is 2400. The van der Waals surface area contributed by atoms with Crippen LogP contribution in [-0.2, 0) is 0 Å². The van der Waals surface area contributed by atoms with Crippen LogP contribution < -0.4 is 0 Å². The van der Waals surface area contributed by atoms with E-state index in [0.717, 1.165) is 22.2 Å². The summed E-state index contributed by atoms with van der Waals surface area (Å²) >= 11 is 1.78. The number of rotatable bonds is 3. The van der Waals surface area contributed by atoms with Gasteiger partial charge in [0.1, 0.15) is 0 Å². The molecule has 0 N–H and O–H groups in total. The van der Waals surface area contributed by atoms with Crippen molar-refractivity contribution in [2.24, 2.45) is 0 Å². The molecule has 0 unspecified atom stereocenters. The molecule has 0 saturated carbocycles. The Morgan fingerprint density at radius 2 is 1.10 bits per heavy atom. The van der Waals surface area contributed by atoms with Gasteiger partial charge in [0.25, 0.3) is 0 Å². The molecule has 0 amide bonds. The van der Waals surface area contributed by atoms with Crippen LogP contribution in [0.25, 0.3) is 82.2 Å².